The first kappa shape index (κ1) is 9.96. The summed E-state index contributed by atoms with van der Waals surface area (Å²) in [5.74, 6) is 0. The average molecular weight is 213 g/mol. The molecule has 3 nitrogen and oxygen atoms in total. The van der Waals surface area contributed by atoms with E-state index in [2.05, 4.69) is 5.32 Å². The molecule has 2 atom stereocenters. The van der Waals surface area contributed by atoms with Gasteiger partial charge in [-0.05, 0) is 31.5 Å². The second-order valence-electron chi connectivity index (χ2n) is 3.51. The summed E-state index contributed by atoms with van der Waals surface area (Å²) >= 11 is 1.52. The number of thiophene rings is 1. The van der Waals surface area contributed by atoms with Crippen LogP contribution in [0.1, 0.15) is 23.8 Å². The molecule has 1 aromatic heterocycles. The summed E-state index contributed by atoms with van der Waals surface area (Å²) in [4.78, 5) is 0.987. The lowest BCUT2D eigenvalue weighted by molar-refractivity contribution is 0.141. The standard InChI is InChI=1S/C10H15NO2S/c1-13-9-5-4-8(14-9)10(12)7-3-2-6-11-7/h4-5,7,10-12H,2-3,6H2,1H3. The highest BCUT2D eigenvalue weighted by Crippen LogP contribution is 2.32. The first-order chi connectivity index (χ1) is 6.81. The third kappa shape index (κ3) is 1.92. The summed E-state index contributed by atoms with van der Waals surface area (Å²) in [7, 11) is 1.65. The minimum atomic E-state index is -0.383. The number of methoxy groups -OCH3 is 1. The maximum atomic E-state index is 10.0. The van der Waals surface area contributed by atoms with E-state index >= 15 is 0 Å². The van der Waals surface area contributed by atoms with Gasteiger partial charge in [0, 0.05) is 10.9 Å². The zero-order chi connectivity index (χ0) is 9.97. The van der Waals surface area contributed by atoms with E-state index in [9.17, 15) is 5.11 Å². The number of aliphatic hydroxyl groups is 1. The maximum Gasteiger partial charge on any atom is 0.173 e. The van der Waals surface area contributed by atoms with Crippen LogP contribution in [0.25, 0.3) is 0 Å². The molecule has 78 valence electrons. The Morgan fingerprint density at radius 1 is 1.64 bits per heavy atom. The zero-order valence-electron chi connectivity index (χ0n) is 8.19. The topological polar surface area (TPSA) is 41.5 Å². The van der Waals surface area contributed by atoms with E-state index in [1.165, 1.54) is 11.3 Å². The van der Waals surface area contributed by atoms with Crippen molar-refractivity contribution in [2.75, 3.05) is 13.7 Å². The average Bonchev–Trinajstić information content (AvgIpc) is 2.88. The summed E-state index contributed by atoms with van der Waals surface area (Å²) in [6.45, 7) is 1.02. The molecule has 1 fully saturated rings. The van der Waals surface area contributed by atoms with Crippen molar-refractivity contribution in [1.29, 1.82) is 0 Å². The van der Waals surface area contributed by atoms with Crippen LogP contribution in [0.2, 0.25) is 0 Å². The van der Waals surface area contributed by atoms with E-state index in [0.717, 1.165) is 29.3 Å². The van der Waals surface area contributed by atoms with Gasteiger partial charge in [-0.2, -0.15) is 0 Å². The molecular weight excluding hydrogens is 198 g/mol. The van der Waals surface area contributed by atoms with Gasteiger partial charge in [0.25, 0.3) is 0 Å². The van der Waals surface area contributed by atoms with Crippen molar-refractivity contribution in [1.82, 2.24) is 5.32 Å². The van der Waals surface area contributed by atoms with Crippen LogP contribution in [0.4, 0.5) is 0 Å². The van der Waals surface area contributed by atoms with Crippen molar-refractivity contribution < 1.29 is 9.84 Å². The third-order valence-corrected chi connectivity index (χ3v) is 3.69. The fourth-order valence-electron chi connectivity index (χ4n) is 1.78. The molecular formula is C10H15NO2S. The number of rotatable bonds is 3. The predicted octanol–water partition coefficient (Wildman–Crippen LogP) is 1.54. The van der Waals surface area contributed by atoms with E-state index in [1.54, 1.807) is 7.11 Å². The fraction of sp³-hybridized carbons (Fsp3) is 0.600. The number of hydrogen-bond acceptors (Lipinski definition) is 4. The SMILES string of the molecule is COc1ccc(C(O)C2CCCN2)s1. The molecule has 2 rings (SSSR count). The molecule has 0 bridgehead atoms. The lowest BCUT2D eigenvalue weighted by Crippen LogP contribution is -2.28. The lowest BCUT2D eigenvalue weighted by Gasteiger charge is -2.16. The molecule has 2 N–H and O–H groups in total. The van der Waals surface area contributed by atoms with Gasteiger partial charge < -0.3 is 15.2 Å². The number of ether oxygens (including phenoxy) is 1. The van der Waals surface area contributed by atoms with Gasteiger partial charge in [-0.15, -0.1) is 11.3 Å². The first-order valence-corrected chi connectivity index (χ1v) is 5.68. The molecule has 2 heterocycles. The fourth-order valence-corrected chi connectivity index (χ4v) is 2.66. The Bertz CT molecular complexity index is 294. The monoisotopic (exact) mass is 213 g/mol. The zero-order valence-corrected chi connectivity index (χ0v) is 9.01. The normalized spacial score (nSPS) is 23.7. The number of hydrogen-bond donors (Lipinski definition) is 2. The number of nitrogens with one attached hydrogen (secondary N) is 1. The van der Waals surface area contributed by atoms with Crippen molar-refractivity contribution >= 4 is 11.3 Å². The maximum absolute atomic E-state index is 10.0. The quantitative estimate of drug-likeness (QED) is 0.800. The predicted molar refractivity (Wildman–Crippen MR) is 56.9 cm³/mol. The Morgan fingerprint density at radius 3 is 3.07 bits per heavy atom. The van der Waals surface area contributed by atoms with Crippen LogP contribution in [0.5, 0.6) is 5.06 Å². The second-order valence-corrected chi connectivity index (χ2v) is 4.59. The van der Waals surface area contributed by atoms with E-state index in [4.69, 9.17) is 4.74 Å². The van der Waals surface area contributed by atoms with Crippen LogP contribution < -0.4 is 10.1 Å². The van der Waals surface area contributed by atoms with Crippen LogP contribution in [0.3, 0.4) is 0 Å². The van der Waals surface area contributed by atoms with Gasteiger partial charge in [-0.1, -0.05) is 0 Å². The molecule has 0 aliphatic carbocycles. The Labute approximate surface area is 87.7 Å². The Kier molecular flexibility index (Phi) is 3.05. The molecule has 1 aromatic rings. The molecule has 0 radical (unpaired) electrons. The van der Waals surface area contributed by atoms with Crippen LogP contribution in [-0.4, -0.2) is 24.8 Å². The minimum absolute atomic E-state index is 0.221. The molecule has 2 unspecified atom stereocenters. The minimum Gasteiger partial charge on any atom is -0.487 e. The van der Waals surface area contributed by atoms with Crippen molar-refractivity contribution in [3.63, 3.8) is 0 Å². The second kappa shape index (κ2) is 4.29. The van der Waals surface area contributed by atoms with E-state index in [-0.39, 0.29) is 12.1 Å². The lowest BCUT2D eigenvalue weighted by atomic mass is 10.1. The Hall–Kier alpha value is -0.580. The third-order valence-electron chi connectivity index (χ3n) is 2.57. The summed E-state index contributed by atoms with van der Waals surface area (Å²) in [5, 5.41) is 14.2. The van der Waals surface area contributed by atoms with Crippen LogP contribution in [-0.2, 0) is 0 Å². The Balaban J connectivity index is 2.05. The van der Waals surface area contributed by atoms with Crippen molar-refractivity contribution in [3.8, 4) is 5.06 Å². The highest BCUT2D eigenvalue weighted by atomic mass is 32.1. The van der Waals surface area contributed by atoms with Gasteiger partial charge in [0.2, 0.25) is 0 Å². The smallest absolute Gasteiger partial charge is 0.173 e. The van der Waals surface area contributed by atoms with Gasteiger partial charge in [0.05, 0.1) is 7.11 Å². The highest BCUT2D eigenvalue weighted by Gasteiger charge is 2.25. The highest BCUT2D eigenvalue weighted by molar-refractivity contribution is 7.13. The van der Waals surface area contributed by atoms with Crippen LogP contribution in [0, 0.1) is 0 Å². The molecule has 0 spiro atoms. The van der Waals surface area contributed by atoms with Crippen molar-refractivity contribution in [3.05, 3.63) is 17.0 Å². The van der Waals surface area contributed by atoms with E-state index in [1.807, 2.05) is 12.1 Å². The van der Waals surface area contributed by atoms with Gasteiger partial charge in [-0.3, -0.25) is 0 Å². The molecule has 0 saturated carbocycles. The molecule has 14 heavy (non-hydrogen) atoms. The summed E-state index contributed by atoms with van der Waals surface area (Å²) < 4.78 is 5.09. The molecule has 1 aliphatic rings. The largest absolute Gasteiger partial charge is 0.487 e. The van der Waals surface area contributed by atoms with Gasteiger partial charge in [0.1, 0.15) is 6.10 Å². The molecule has 4 heteroatoms. The molecule has 0 amide bonds. The van der Waals surface area contributed by atoms with Crippen molar-refractivity contribution in [2.24, 2.45) is 0 Å². The van der Waals surface area contributed by atoms with Crippen LogP contribution in [0.15, 0.2) is 12.1 Å². The van der Waals surface area contributed by atoms with Gasteiger partial charge in [-0.25, -0.2) is 0 Å². The Morgan fingerprint density at radius 2 is 2.50 bits per heavy atom. The first-order valence-electron chi connectivity index (χ1n) is 4.86. The summed E-state index contributed by atoms with van der Waals surface area (Å²) in [6.07, 6.45) is 1.83. The summed E-state index contributed by atoms with van der Waals surface area (Å²) in [5.41, 5.74) is 0. The van der Waals surface area contributed by atoms with E-state index < -0.39 is 0 Å². The molecule has 0 aromatic carbocycles. The van der Waals surface area contributed by atoms with Gasteiger partial charge in [0.15, 0.2) is 5.06 Å². The van der Waals surface area contributed by atoms with Crippen molar-refractivity contribution in [2.45, 2.75) is 25.0 Å². The number of aliphatic hydroxyl groups excluding tert-OH is 1. The molecule has 1 aliphatic heterocycles. The van der Waals surface area contributed by atoms with E-state index in [0.29, 0.717) is 0 Å². The molecule has 1 saturated heterocycles. The summed E-state index contributed by atoms with van der Waals surface area (Å²) in [6, 6.07) is 4.06. The van der Waals surface area contributed by atoms with Crippen LogP contribution >= 0.6 is 11.3 Å². The van der Waals surface area contributed by atoms with Gasteiger partial charge >= 0.3 is 0 Å².